The highest BCUT2D eigenvalue weighted by atomic mass is 16.8. The lowest BCUT2D eigenvalue weighted by Gasteiger charge is -2.37. The number of fused-ring (bicyclic) bond motifs is 1. The van der Waals surface area contributed by atoms with E-state index < -0.39 is 35.9 Å². The van der Waals surface area contributed by atoms with E-state index in [1.165, 1.54) is 0 Å². The van der Waals surface area contributed by atoms with Gasteiger partial charge in [0.1, 0.15) is 23.9 Å². The van der Waals surface area contributed by atoms with Gasteiger partial charge < -0.3 is 29.4 Å². The summed E-state index contributed by atoms with van der Waals surface area (Å²) >= 11 is 0. The van der Waals surface area contributed by atoms with Crippen LogP contribution in [0.25, 0.3) is 0 Å². The Balaban J connectivity index is 1.28. The number of rotatable bonds is 10. The molecule has 0 aliphatic carbocycles. The summed E-state index contributed by atoms with van der Waals surface area (Å²) in [4.78, 5) is 0. The molecule has 0 spiro atoms. The average molecular weight is 552 g/mol. The molecule has 0 aromatic heterocycles. The fourth-order valence-electron chi connectivity index (χ4n) is 5.91. The van der Waals surface area contributed by atoms with Gasteiger partial charge in [-0.1, -0.05) is 121 Å². The van der Waals surface area contributed by atoms with Crippen LogP contribution >= 0.6 is 0 Å². The Labute approximate surface area is 242 Å². The molecule has 0 radical (unpaired) electrons. The molecule has 0 amide bonds. The molecule has 41 heavy (non-hydrogen) atoms. The largest absolute Gasteiger partial charge is 0.359 e. The van der Waals surface area contributed by atoms with Crippen LogP contribution in [0.15, 0.2) is 121 Å². The predicted molar refractivity (Wildman–Crippen MR) is 157 cm³/mol. The Morgan fingerprint density at radius 1 is 0.707 bits per heavy atom. The van der Waals surface area contributed by atoms with Crippen molar-refractivity contribution < 1.29 is 23.7 Å². The van der Waals surface area contributed by atoms with Crippen LogP contribution in [0.4, 0.5) is 0 Å². The molecular weight excluding hydrogens is 514 g/mol. The maximum absolute atomic E-state index is 6.98. The molecule has 4 aromatic carbocycles. The van der Waals surface area contributed by atoms with E-state index in [0.29, 0.717) is 6.61 Å². The van der Waals surface area contributed by atoms with Crippen LogP contribution < -0.4 is 5.73 Å². The molecule has 212 valence electrons. The first-order valence-electron chi connectivity index (χ1n) is 14.2. The monoisotopic (exact) mass is 551 g/mol. The van der Waals surface area contributed by atoms with Crippen molar-refractivity contribution in [2.75, 3.05) is 6.61 Å². The highest BCUT2D eigenvalue weighted by Crippen LogP contribution is 2.43. The lowest BCUT2D eigenvalue weighted by atomic mass is 9.80. The van der Waals surface area contributed by atoms with Crippen LogP contribution in [0.1, 0.15) is 36.1 Å². The Bertz CT molecular complexity index is 1290. The molecule has 2 aliphatic heterocycles. The van der Waals surface area contributed by atoms with E-state index in [9.17, 15) is 0 Å². The minimum Gasteiger partial charge on any atom is -0.359 e. The molecule has 6 rings (SSSR count). The van der Waals surface area contributed by atoms with Crippen molar-refractivity contribution in [1.29, 1.82) is 0 Å². The lowest BCUT2D eigenvalue weighted by Crippen LogP contribution is -2.48. The summed E-state index contributed by atoms with van der Waals surface area (Å²) in [5.41, 5.74) is 10.1. The summed E-state index contributed by atoms with van der Waals surface area (Å²) in [7, 11) is 0. The third-order valence-electron chi connectivity index (χ3n) is 7.76. The van der Waals surface area contributed by atoms with Crippen LogP contribution in [0, 0.1) is 0 Å². The van der Waals surface area contributed by atoms with E-state index in [1.54, 1.807) is 0 Å². The zero-order valence-electron chi connectivity index (χ0n) is 23.5. The fraction of sp³-hybridized carbons (Fsp3) is 0.314. The van der Waals surface area contributed by atoms with Gasteiger partial charge in [0.05, 0.1) is 19.3 Å². The summed E-state index contributed by atoms with van der Waals surface area (Å²) in [6, 6.07) is 40.3. The van der Waals surface area contributed by atoms with Crippen LogP contribution in [0.3, 0.4) is 0 Å². The molecule has 5 atom stereocenters. The molecular formula is C35H37NO5. The molecule has 0 saturated carbocycles. The van der Waals surface area contributed by atoms with Gasteiger partial charge in [-0.3, -0.25) is 0 Å². The van der Waals surface area contributed by atoms with Crippen molar-refractivity contribution in [3.05, 3.63) is 144 Å². The minimum atomic E-state index is -0.880. The quantitative estimate of drug-likeness (QED) is 0.252. The average Bonchev–Trinajstić information content (AvgIpc) is 3.51. The highest BCUT2D eigenvalue weighted by Gasteiger charge is 2.57. The van der Waals surface area contributed by atoms with Crippen molar-refractivity contribution in [3.8, 4) is 0 Å². The maximum Gasteiger partial charge on any atom is 0.187 e. The van der Waals surface area contributed by atoms with E-state index in [1.807, 2.05) is 98.8 Å². The molecule has 2 aliphatic rings. The number of benzene rings is 4. The first kappa shape index (κ1) is 27.8. The standard InChI is InChI=1S/C35H37NO5/c1-34(2)40-31-30(39-33(32(31)41-34)37-23-25-15-7-3-8-16-25)29(36)24-38-35(26-17-9-4-10-18-26,27-19-11-5-12-20-27)28-21-13-6-14-22-28/h3-22,29-33H,23-24,36H2,1-2H3/t29-,30+,31+,32-,33+/m1/s1. The van der Waals surface area contributed by atoms with Crippen molar-refractivity contribution >= 4 is 0 Å². The highest BCUT2D eigenvalue weighted by molar-refractivity contribution is 5.47. The molecule has 2 fully saturated rings. The van der Waals surface area contributed by atoms with Crippen LogP contribution in [0.5, 0.6) is 0 Å². The van der Waals surface area contributed by atoms with Crippen LogP contribution in [-0.2, 0) is 35.9 Å². The molecule has 0 bridgehead atoms. The van der Waals surface area contributed by atoms with Crippen molar-refractivity contribution in [1.82, 2.24) is 0 Å². The first-order chi connectivity index (χ1) is 20.0. The van der Waals surface area contributed by atoms with E-state index in [0.717, 1.165) is 22.3 Å². The summed E-state index contributed by atoms with van der Waals surface area (Å²) in [6.45, 7) is 4.42. The molecule has 2 heterocycles. The third kappa shape index (κ3) is 5.72. The van der Waals surface area contributed by atoms with Gasteiger partial charge >= 0.3 is 0 Å². The second-order valence-electron chi connectivity index (χ2n) is 11.1. The van der Waals surface area contributed by atoms with E-state index >= 15 is 0 Å². The van der Waals surface area contributed by atoms with E-state index in [4.69, 9.17) is 29.4 Å². The number of nitrogens with two attached hydrogens (primary N) is 1. The van der Waals surface area contributed by atoms with Gasteiger partial charge in [0, 0.05) is 0 Å². The number of ether oxygens (including phenoxy) is 5. The normalized spacial score (nSPS) is 24.2. The van der Waals surface area contributed by atoms with Crippen molar-refractivity contribution in [2.45, 2.75) is 62.5 Å². The van der Waals surface area contributed by atoms with Crippen molar-refractivity contribution in [2.24, 2.45) is 5.73 Å². The topological polar surface area (TPSA) is 72.2 Å². The van der Waals surface area contributed by atoms with Gasteiger partial charge in [0.15, 0.2) is 12.1 Å². The maximum atomic E-state index is 6.98. The summed E-state index contributed by atoms with van der Waals surface area (Å²) in [5, 5.41) is 0. The van der Waals surface area contributed by atoms with Gasteiger partial charge in [-0.15, -0.1) is 0 Å². The molecule has 2 saturated heterocycles. The van der Waals surface area contributed by atoms with Gasteiger partial charge in [0.25, 0.3) is 0 Å². The summed E-state index contributed by atoms with van der Waals surface area (Å²) in [6.07, 6.45) is -1.88. The minimum absolute atomic E-state index is 0.210. The van der Waals surface area contributed by atoms with E-state index in [2.05, 4.69) is 36.4 Å². The van der Waals surface area contributed by atoms with Gasteiger partial charge in [-0.05, 0) is 36.1 Å². The third-order valence-corrected chi connectivity index (χ3v) is 7.76. The van der Waals surface area contributed by atoms with Crippen LogP contribution in [-0.4, -0.2) is 43.0 Å². The Kier molecular flexibility index (Phi) is 8.04. The summed E-state index contributed by atoms with van der Waals surface area (Å²) < 4.78 is 32.2. The Morgan fingerprint density at radius 3 is 1.68 bits per heavy atom. The SMILES string of the molecule is CC1(C)O[C@H]2[C@H]([C@H](N)COC(c3ccccc3)(c3ccccc3)c3ccccc3)O[C@H](OCc3ccccc3)[C@@H]2O1. The zero-order valence-corrected chi connectivity index (χ0v) is 23.5. The number of hydrogen-bond donors (Lipinski definition) is 1. The van der Waals surface area contributed by atoms with Gasteiger partial charge in [-0.2, -0.15) is 0 Å². The Hall–Kier alpha value is -3.36. The van der Waals surface area contributed by atoms with Crippen LogP contribution in [0.2, 0.25) is 0 Å². The zero-order chi connectivity index (χ0) is 28.3. The molecule has 2 N–H and O–H groups in total. The summed E-state index contributed by atoms with van der Waals surface area (Å²) in [5.74, 6) is -0.770. The Morgan fingerprint density at radius 2 is 1.17 bits per heavy atom. The molecule has 4 aromatic rings. The molecule has 6 heteroatoms. The van der Waals surface area contributed by atoms with Crippen molar-refractivity contribution in [3.63, 3.8) is 0 Å². The first-order valence-corrected chi connectivity index (χ1v) is 14.2. The van der Waals surface area contributed by atoms with Gasteiger partial charge in [0.2, 0.25) is 0 Å². The predicted octanol–water partition coefficient (Wildman–Crippen LogP) is 5.78. The smallest absolute Gasteiger partial charge is 0.187 e. The lowest BCUT2D eigenvalue weighted by molar-refractivity contribution is -0.239. The fourth-order valence-corrected chi connectivity index (χ4v) is 5.91. The molecule has 6 nitrogen and oxygen atoms in total. The second-order valence-corrected chi connectivity index (χ2v) is 11.1. The number of hydrogen-bond acceptors (Lipinski definition) is 6. The van der Waals surface area contributed by atoms with E-state index in [-0.39, 0.29) is 12.7 Å². The van der Waals surface area contributed by atoms with Gasteiger partial charge in [-0.25, -0.2) is 0 Å². The molecule has 0 unspecified atom stereocenters. The second kappa shape index (κ2) is 11.9.